The van der Waals surface area contributed by atoms with E-state index in [2.05, 4.69) is 4.98 Å². The van der Waals surface area contributed by atoms with Crippen LogP contribution in [-0.2, 0) is 4.74 Å². The first kappa shape index (κ1) is 18.5. The second-order valence-electron chi connectivity index (χ2n) is 5.96. The van der Waals surface area contributed by atoms with E-state index < -0.39 is 12.1 Å². The van der Waals surface area contributed by atoms with E-state index in [4.69, 9.17) is 14.2 Å². The first-order chi connectivity index (χ1) is 13.0. The quantitative estimate of drug-likeness (QED) is 0.504. The lowest BCUT2D eigenvalue weighted by atomic mass is 10.1. The molecule has 27 heavy (non-hydrogen) atoms. The Morgan fingerprint density at radius 1 is 1.11 bits per heavy atom. The van der Waals surface area contributed by atoms with Crippen LogP contribution in [0.5, 0.6) is 11.5 Å². The van der Waals surface area contributed by atoms with Gasteiger partial charge in [-0.2, -0.15) is 0 Å². The highest BCUT2D eigenvalue weighted by atomic mass is 16.5. The monoisotopic (exact) mass is 367 g/mol. The van der Waals surface area contributed by atoms with Crippen molar-refractivity contribution < 1.29 is 23.8 Å². The summed E-state index contributed by atoms with van der Waals surface area (Å²) >= 11 is 0. The van der Waals surface area contributed by atoms with Gasteiger partial charge in [0, 0.05) is 22.7 Å². The molecule has 1 heterocycles. The summed E-state index contributed by atoms with van der Waals surface area (Å²) in [7, 11) is 1.53. The number of ketones is 1. The van der Waals surface area contributed by atoms with Crippen molar-refractivity contribution in [1.29, 1.82) is 0 Å². The van der Waals surface area contributed by atoms with Crippen molar-refractivity contribution in [2.24, 2.45) is 0 Å². The maximum atomic E-state index is 12.7. The van der Waals surface area contributed by atoms with Crippen LogP contribution in [0, 0.1) is 0 Å². The maximum Gasteiger partial charge on any atom is 0.338 e. The number of carbonyl (C=O) groups is 2. The van der Waals surface area contributed by atoms with Crippen LogP contribution < -0.4 is 9.47 Å². The van der Waals surface area contributed by atoms with E-state index in [9.17, 15) is 9.59 Å². The van der Waals surface area contributed by atoms with Crippen molar-refractivity contribution in [2.45, 2.75) is 20.0 Å². The van der Waals surface area contributed by atoms with E-state index in [0.29, 0.717) is 23.7 Å². The van der Waals surface area contributed by atoms with E-state index >= 15 is 0 Å². The predicted molar refractivity (Wildman–Crippen MR) is 102 cm³/mol. The molecule has 6 nitrogen and oxygen atoms in total. The summed E-state index contributed by atoms with van der Waals surface area (Å²) < 4.78 is 16.1. The third-order valence-electron chi connectivity index (χ3n) is 4.21. The molecule has 2 aromatic carbocycles. The van der Waals surface area contributed by atoms with Crippen LogP contribution in [0.25, 0.3) is 10.9 Å². The molecule has 0 amide bonds. The zero-order chi connectivity index (χ0) is 19.4. The molecule has 0 saturated heterocycles. The van der Waals surface area contributed by atoms with E-state index in [0.717, 1.165) is 10.9 Å². The number of methoxy groups -OCH3 is 1. The molecule has 0 aliphatic carbocycles. The highest BCUT2D eigenvalue weighted by Crippen LogP contribution is 2.28. The summed E-state index contributed by atoms with van der Waals surface area (Å²) in [5.41, 5.74) is 1.64. The number of hydrogen-bond donors (Lipinski definition) is 1. The number of esters is 1. The van der Waals surface area contributed by atoms with Crippen LogP contribution in [0.15, 0.2) is 48.7 Å². The molecule has 0 saturated carbocycles. The third kappa shape index (κ3) is 3.79. The number of rotatable bonds is 7. The Labute approximate surface area is 157 Å². The fourth-order valence-electron chi connectivity index (χ4n) is 2.85. The zero-order valence-electron chi connectivity index (χ0n) is 15.4. The molecular weight excluding hydrogens is 346 g/mol. The van der Waals surface area contributed by atoms with Gasteiger partial charge in [-0.15, -0.1) is 0 Å². The van der Waals surface area contributed by atoms with Gasteiger partial charge in [0.1, 0.15) is 0 Å². The van der Waals surface area contributed by atoms with Gasteiger partial charge >= 0.3 is 5.97 Å². The van der Waals surface area contributed by atoms with Gasteiger partial charge in [-0.25, -0.2) is 4.79 Å². The van der Waals surface area contributed by atoms with Gasteiger partial charge in [0.15, 0.2) is 17.6 Å². The molecule has 3 aromatic rings. The molecule has 0 aliphatic heterocycles. The van der Waals surface area contributed by atoms with Crippen molar-refractivity contribution in [2.75, 3.05) is 13.7 Å². The van der Waals surface area contributed by atoms with Crippen molar-refractivity contribution >= 4 is 22.7 Å². The molecule has 0 fully saturated rings. The molecule has 3 rings (SSSR count). The van der Waals surface area contributed by atoms with E-state index in [1.165, 1.54) is 7.11 Å². The Morgan fingerprint density at radius 3 is 2.63 bits per heavy atom. The minimum atomic E-state index is -0.922. The Balaban J connectivity index is 1.77. The Morgan fingerprint density at radius 2 is 1.89 bits per heavy atom. The number of aromatic nitrogens is 1. The predicted octanol–water partition coefficient (Wildman–Crippen LogP) is 4.00. The van der Waals surface area contributed by atoms with E-state index in [1.54, 1.807) is 31.3 Å². The van der Waals surface area contributed by atoms with Gasteiger partial charge in [-0.1, -0.05) is 18.2 Å². The summed E-state index contributed by atoms with van der Waals surface area (Å²) in [6.45, 7) is 3.84. The van der Waals surface area contributed by atoms with Crippen LogP contribution in [0.2, 0.25) is 0 Å². The van der Waals surface area contributed by atoms with Gasteiger partial charge in [0.2, 0.25) is 5.78 Å². The minimum absolute atomic E-state index is 0.264. The largest absolute Gasteiger partial charge is 0.493 e. The second-order valence-corrected chi connectivity index (χ2v) is 5.96. The Kier molecular flexibility index (Phi) is 5.45. The average molecular weight is 367 g/mol. The lowest BCUT2D eigenvalue weighted by molar-refractivity contribution is 0.0319. The fourth-order valence-corrected chi connectivity index (χ4v) is 2.85. The fraction of sp³-hybridized carbons (Fsp3) is 0.238. The summed E-state index contributed by atoms with van der Waals surface area (Å²) in [5, 5.41) is 0.800. The SMILES string of the molecule is CCOc1cc(C(=O)O[C@H](C)C(=O)c2c[nH]c3ccccc23)ccc1OC. The number of H-pyrrole nitrogens is 1. The molecule has 1 aromatic heterocycles. The molecule has 0 bridgehead atoms. The number of ether oxygens (including phenoxy) is 3. The molecule has 6 heteroatoms. The van der Waals surface area contributed by atoms with Crippen LogP contribution in [0.3, 0.4) is 0 Å². The lowest BCUT2D eigenvalue weighted by Gasteiger charge is -2.14. The van der Waals surface area contributed by atoms with Crippen molar-refractivity contribution in [3.8, 4) is 11.5 Å². The number of benzene rings is 2. The molecule has 1 atom stereocenters. The molecule has 1 N–H and O–H groups in total. The Bertz CT molecular complexity index is 976. The third-order valence-corrected chi connectivity index (χ3v) is 4.21. The number of carbonyl (C=O) groups excluding carboxylic acids is 2. The van der Waals surface area contributed by atoms with E-state index in [1.807, 2.05) is 31.2 Å². The van der Waals surface area contributed by atoms with Gasteiger partial charge in [-0.05, 0) is 38.1 Å². The number of para-hydroxylation sites is 1. The summed E-state index contributed by atoms with van der Waals surface area (Å²) in [6.07, 6.45) is 0.715. The summed E-state index contributed by atoms with van der Waals surface area (Å²) in [6, 6.07) is 12.2. The smallest absolute Gasteiger partial charge is 0.338 e. The number of aromatic amines is 1. The molecule has 0 aliphatic rings. The van der Waals surface area contributed by atoms with Gasteiger partial charge in [0.25, 0.3) is 0 Å². The molecule has 0 radical (unpaired) electrons. The van der Waals surface area contributed by atoms with E-state index in [-0.39, 0.29) is 11.3 Å². The maximum absolute atomic E-state index is 12.7. The molecule has 0 spiro atoms. The number of hydrogen-bond acceptors (Lipinski definition) is 5. The van der Waals surface area contributed by atoms with Gasteiger partial charge in [-0.3, -0.25) is 4.79 Å². The number of fused-ring (bicyclic) bond motifs is 1. The van der Waals surface area contributed by atoms with Gasteiger partial charge < -0.3 is 19.2 Å². The normalized spacial score (nSPS) is 11.8. The first-order valence-corrected chi connectivity index (χ1v) is 8.67. The zero-order valence-corrected chi connectivity index (χ0v) is 15.4. The van der Waals surface area contributed by atoms with Gasteiger partial charge in [0.05, 0.1) is 19.3 Å². The van der Waals surface area contributed by atoms with Crippen molar-refractivity contribution in [3.05, 3.63) is 59.8 Å². The minimum Gasteiger partial charge on any atom is -0.493 e. The molecule has 0 unspecified atom stereocenters. The second kappa shape index (κ2) is 7.95. The first-order valence-electron chi connectivity index (χ1n) is 8.67. The number of nitrogens with one attached hydrogen (secondary N) is 1. The molecule has 140 valence electrons. The highest BCUT2D eigenvalue weighted by Gasteiger charge is 2.23. The van der Waals surface area contributed by atoms with Crippen LogP contribution in [0.4, 0.5) is 0 Å². The van der Waals surface area contributed by atoms with Crippen LogP contribution in [0.1, 0.15) is 34.6 Å². The summed E-state index contributed by atoms with van der Waals surface area (Å²) in [5.74, 6) is 0.111. The standard InChI is InChI=1S/C21H21NO5/c1-4-26-19-11-14(9-10-18(19)25-3)21(24)27-13(2)20(23)16-12-22-17-8-6-5-7-15(16)17/h5-13,22H,4H2,1-3H3/t13-/m1/s1. The van der Waals surface area contributed by atoms with Crippen molar-refractivity contribution in [3.63, 3.8) is 0 Å². The van der Waals surface area contributed by atoms with Crippen LogP contribution >= 0.6 is 0 Å². The topological polar surface area (TPSA) is 77.6 Å². The Hall–Kier alpha value is -3.28. The summed E-state index contributed by atoms with van der Waals surface area (Å²) in [4.78, 5) is 28.2. The van der Waals surface area contributed by atoms with Crippen molar-refractivity contribution in [1.82, 2.24) is 4.98 Å². The molecular formula is C21H21NO5. The lowest BCUT2D eigenvalue weighted by Crippen LogP contribution is -2.24. The average Bonchev–Trinajstić information content (AvgIpc) is 3.11. The number of Topliss-reactive ketones (excluding diaryl/α,β-unsaturated/α-hetero) is 1. The van der Waals surface area contributed by atoms with Crippen LogP contribution in [-0.4, -0.2) is 36.6 Å². The highest BCUT2D eigenvalue weighted by molar-refractivity contribution is 6.10.